The van der Waals surface area contributed by atoms with Gasteiger partial charge in [0.25, 0.3) is 0 Å². The first-order valence-corrected chi connectivity index (χ1v) is 7.43. The molecule has 0 aromatic heterocycles. The lowest BCUT2D eigenvalue weighted by molar-refractivity contribution is 0.133. The van der Waals surface area contributed by atoms with Crippen molar-refractivity contribution in [3.63, 3.8) is 0 Å². The van der Waals surface area contributed by atoms with Crippen molar-refractivity contribution >= 4 is 12.4 Å². The number of piperazine rings is 1. The molecule has 19 heavy (non-hydrogen) atoms. The molecule has 0 radical (unpaired) electrons. The second-order valence-corrected chi connectivity index (χ2v) is 5.70. The molecule has 1 aromatic carbocycles. The Morgan fingerprint density at radius 2 is 1.53 bits per heavy atom. The van der Waals surface area contributed by atoms with E-state index >= 15 is 0 Å². The molecule has 2 fully saturated rings. The molecule has 1 aliphatic heterocycles. The Kier molecular flexibility index (Phi) is 5.68. The first-order valence-electron chi connectivity index (χ1n) is 7.43. The average molecular weight is 281 g/mol. The van der Waals surface area contributed by atoms with Gasteiger partial charge in [0.2, 0.25) is 0 Å². The van der Waals surface area contributed by atoms with Crippen molar-refractivity contribution in [2.75, 3.05) is 26.2 Å². The summed E-state index contributed by atoms with van der Waals surface area (Å²) in [5.74, 6) is 0.811. The molecular weight excluding hydrogens is 256 g/mol. The van der Waals surface area contributed by atoms with E-state index in [1.165, 1.54) is 51.9 Å². The predicted molar refractivity (Wildman–Crippen MR) is 83.1 cm³/mol. The molecule has 0 unspecified atom stereocenters. The maximum absolute atomic E-state index is 3.45. The Morgan fingerprint density at radius 1 is 0.895 bits per heavy atom. The van der Waals surface area contributed by atoms with Gasteiger partial charge in [-0.3, -0.25) is 4.90 Å². The Labute approximate surface area is 123 Å². The molecule has 0 amide bonds. The largest absolute Gasteiger partial charge is 0.314 e. The van der Waals surface area contributed by atoms with Gasteiger partial charge in [0.1, 0.15) is 0 Å². The van der Waals surface area contributed by atoms with Gasteiger partial charge in [-0.15, -0.1) is 12.4 Å². The van der Waals surface area contributed by atoms with E-state index in [0.717, 1.165) is 12.0 Å². The van der Waals surface area contributed by atoms with Crippen molar-refractivity contribution < 1.29 is 0 Å². The SMILES string of the molecule is Cl.c1ccc(C2CCC(N3CCNCC3)CC2)cc1. The fourth-order valence-corrected chi connectivity index (χ4v) is 3.55. The number of nitrogens with zero attached hydrogens (tertiary/aromatic N) is 1. The van der Waals surface area contributed by atoms with Gasteiger partial charge in [0.05, 0.1) is 0 Å². The van der Waals surface area contributed by atoms with Crippen molar-refractivity contribution in [3.8, 4) is 0 Å². The highest BCUT2D eigenvalue weighted by Crippen LogP contribution is 2.34. The van der Waals surface area contributed by atoms with E-state index < -0.39 is 0 Å². The molecular formula is C16H25ClN2. The van der Waals surface area contributed by atoms with Crippen molar-refractivity contribution in [3.05, 3.63) is 35.9 Å². The third-order valence-electron chi connectivity index (χ3n) is 4.64. The van der Waals surface area contributed by atoms with Crippen LogP contribution in [-0.2, 0) is 0 Å². The van der Waals surface area contributed by atoms with Crippen LogP contribution < -0.4 is 5.32 Å². The normalized spacial score (nSPS) is 28.6. The molecule has 1 aromatic rings. The van der Waals surface area contributed by atoms with Crippen molar-refractivity contribution in [2.45, 2.75) is 37.6 Å². The second kappa shape index (κ2) is 7.28. The van der Waals surface area contributed by atoms with Gasteiger partial charge < -0.3 is 5.32 Å². The van der Waals surface area contributed by atoms with Crippen LogP contribution in [0.25, 0.3) is 0 Å². The zero-order chi connectivity index (χ0) is 12.2. The summed E-state index contributed by atoms with van der Waals surface area (Å²) in [5, 5.41) is 3.45. The molecule has 0 spiro atoms. The summed E-state index contributed by atoms with van der Waals surface area (Å²) in [6.45, 7) is 4.86. The van der Waals surface area contributed by atoms with Gasteiger partial charge in [-0.2, -0.15) is 0 Å². The van der Waals surface area contributed by atoms with E-state index in [-0.39, 0.29) is 12.4 Å². The summed E-state index contributed by atoms with van der Waals surface area (Å²) in [7, 11) is 0. The van der Waals surface area contributed by atoms with Crippen LogP contribution in [0.3, 0.4) is 0 Å². The Bertz CT molecular complexity index is 354. The summed E-state index contributed by atoms with van der Waals surface area (Å²) >= 11 is 0. The lowest BCUT2D eigenvalue weighted by Crippen LogP contribution is -2.49. The summed E-state index contributed by atoms with van der Waals surface area (Å²) in [6.07, 6.45) is 5.52. The zero-order valence-corrected chi connectivity index (χ0v) is 12.4. The standard InChI is InChI=1S/C16H24N2.ClH/c1-2-4-14(5-3-1)15-6-8-16(9-7-15)18-12-10-17-11-13-18;/h1-5,15-17H,6-13H2;1H. The molecule has 1 aliphatic carbocycles. The smallest absolute Gasteiger partial charge is 0.0110 e. The number of nitrogens with one attached hydrogen (secondary N) is 1. The monoisotopic (exact) mass is 280 g/mol. The van der Waals surface area contributed by atoms with Crippen LogP contribution in [0.5, 0.6) is 0 Å². The second-order valence-electron chi connectivity index (χ2n) is 5.70. The van der Waals surface area contributed by atoms with Crippen LogP contribution in [-0.4, -0.2) is 37.1 Å². The quantitative estimate of drug-likeness (QED) is 0.896. The molecule has 3 heteroatoms. The van der Waals surface area contributed by atoms with Crippen LogP contribution in [0.1, 0.15) is 37.2 Å². The van der Waals surface area contributed by atoms with Gasteiger partial charge in [-0.1, -0.05) is 30.3 Å². The van der Waals surface area contributed by atoms with E-state index in [1.54, 1.807) is 5.56 Å². The van der Waals surface area contributed by atoms with Gasteiger partial charge in [0.15, 0.2) is 0 Å². The topological polar surface area (TPSA) is 15.3 Å². The molecule has 2 aliphatic rings. The molecule has 1 saturated heterocycles. The first-order chi connectivity index (χ1) is 8.93. The Hall–Kier alpha value is -0.570. The number of benzene rings is 1. The van der Waals surface area contributed by atoms with E-state index in [4.69, 9.17) is 0 Å². The minimum absolute atomic E-state index is 0. The third-order valence-corrected chi connectivity index (χ3v) is 4.64. The third kappa shape index (κ3) is 3.71. The summed E-state index contributed by atoms with van der Waals surface area (Å²) in [4.78, 5) is 2.71. The molecule has 2 nitrogen and oxygen atoms in total. The molecule has 106 valence electrons. The molecule has 1 N–H and O–H groups in total. The van der Waals surface area contributed by atoms with Crippen LogP contribution in [0.15, 0.2) is 30.3 Å². The fourth-order valence-electron chi connectivity index (χ4n) is 3.55. The highest BCUT2D eigenvalue weighted by molar-refractivity contribution is 5.85. The van der Waals surface area contributed by atoms with E-state index in [2.05, 4.69) is 40.5 Å². The van der Waals surface area contributed by atoms with Gasteiger partial charge >= 0.3 is 0 Å². The van der Waals surface area contributed by atoms with Gasteiger partial charge in [-0.05, 0) is 37.2 Å². The number of halogens is 1. The summed E-state index contributed by atoms with van der Waals surface area (Å²) < 4.78 is 0. The molecule has 1 saturated carbocycles. The van der Waals surface area contributed by atoms with E-state index in [9.17, 15) is 0 Å². The maximum Gasteiger partial charge on any atom is 0.0110 e. The maximum atomic E-state index is 3.45. The van der Waals surface area contributed by atoms with Crippen LogP contribution >= 0.6 is 12.4 Å². The molecule has 1 heterocycles. The predicted octanol–water partition coefficient (Wildman–Crippen LogP) is 3.04. The average Bonchev–Trinajstić information content (AvgIpc) is 2.49. The minimum Gasteiger partial charge on any atom is -0.314 e. The van der Waals surface area contributed by atoms with E-state index in [0.29, 0.717) is 0 Å². The Morgan fingerprint density at radius 3 is 2.16 bits per heavy atom. The van der Waals surface area contributed by atoms with Crippen molar-refractivity contribution in [2.24, 2.45) is 0 Å². The molecule has 0 bridgehead atoms. The van der Waals surface area contributed by atoms with Crippen molar-refractivity contribution in [1.29, 1.82) is 0 Å². The van der Waals surface area contributed by atoms with Crippen LogP contribution in [0.2, 0.25) is 0 Å². The highest BCUT2D eigenvalue weighted by atomic mass is 35.5. The molecule has 0 atom stereocenters. The highest BCUT2D eigenvalue weighted by Gasteiger charge is 2.26. The number of hydrogen-bond acceptors (Lipinski definition) is 2. The fraction of sp³-hybridized carbons (Fsp3) is 0.625. The zero-order valence-electron chi connectivity index (χ0n) is 11.6. The van der Waals surface area contributed by atoms with Crippen LogP contribution in [0, 0.1) is 0 Å². The number of hydrogen-bond donors (Lipinski definition) is 1. The minimum atomic E-state index is 0. The van der Waals surface area contributed by atoms with Gasteiger partial charge in [0, 0.05) is 32.2 Å². The number of rotatable bonds is 2. The van der Waals surface area contributed by atoms with Gasteiger partial charge in [-0.25, -0.2) is 0 Å². The lowest BCUT2D eigenvalue weighted by atomic mass is 9.81. The van der Waals surface area contributed by atoms with Crippen LogP contribution in [0.4, 0.5) is 0 Å². The Balaban J connectivity index is 0.00000133. The first kappa shape index (κ1) is 14.8. The van der Waals surface area contributed by atoms with Crippen molar-refractivity contribution in [1.82, 2.24) is 10.2 Å². The van der Waals surface area contributed by atoms with E-state index in [1.807, 2.05) is 0 Å². The summed E-state index contributed by atoms with van der Waals surface area (Å²) in [5.41, 5.74) is 1.55. The lowest BCUT2D eigenvalue weighted by Gasteiger charge is -2.39. The molecule has 3 rings (SSSR count). The summed E-state index contributed by atoms with van der Waals surface area (Å²) in [6, 6.07) is 11.9.